The van der Waals surface area contributed by atoms with Crippen LogP contribution in [0.1, 0.15) is 36.9 Å². The van der Waals surface area contributed by atoms with E-state index >= 15 is 0 Å². The fourth-order valence-electron chi connectivity index (χ4n) is 2.12. The Morgan fingerprint density at radius 1 is 0.895 bits per heavy atom. The summed E-state index contributed by atoms with van der Waals surface area (Å²) in [5.74, 6) is 0.276. The summed E-state index contributed by atoms with van der Waals surface area (Å²) in [6.07, 6.45) is 0. The van der Waals surface area contributed by atoms with Crippen molar-refractivity contribution in [1.29, 1.82) is 0 Å². The molecule has 0 aliphatic heterocycles. The number of rotatable bonds is 5. The van der Waals surface area contributed by atoms with Crippen molar-refractivity contribution in [3.63, 3.8) is 0 Å². The van der Waals surface area contributed by atoms with Crippen LogP contribution in [0.5, 0.6) is 0 Å². The first kappa shape index (κ1) is 13.8. The van der Waals surface area contributed by atoms with Crippen molar-refractivity contribution in [3.8, 4) is 0 Å². The van der Waals surface area contributed by atoms with Crippen LogP contribution in [-0.2, 0) is 0 Å². The maximum absolute atomic E-state index is 12.9. The molecular formula is C17H20FN. The number of hydrogen-bond acceptors (Lipinski definition) is 1. The Labute approximate surface area is 114 Å². The fourth-order valence-corrected chi connectivity index (χ4v) is 2.12. The average Bonchev–Trinajstić information content (AvgIpc) is 2.46. The molecule has 0 saturated carbocycles. The minimum absolute atomic E-state index is 0.186. The largest absolute Gasteiger partial charge is 0.310 e. The third-order valence-corrected chi connectivity index (χ3v) is 3.47. The Balaban J connectivity index is 1.90. The summed E-state index contributed by atoms with van der Waals surface area (Å²) in [5, 5.41) is 3.49. The van der Waals surface area contributed by atoms with Gasteiger partial charge < -0.3 is 5.32 Å². The van der Waals surface area contributed by atoms with E-state index in [1.54, 1.807) is 0 Å². The molecule has 0 radical (unpaired) electrons. The quantitative estimate of drug-likeness (QED) is 0.843. The van der Waals surface area contributed by atoms with Crippen molar-refractivity contribution in [2.24, 2.45) is 0 Å². The second-order valence-electron chi connectivity index (χ2n) is 4.99. The molecular weight excluding hydrogens is 237 g/mol. The Bertz CT molecular complexity index is 492. The second kappa shape index (κ2) is 6.48. The molecule has 0 aliphatic rings. The minimum Gasteiger partial charge on any atom is -0.310 e. The van der Waals surface area contributed by atoms with Crippen LogP contribution < -0.4 is 5.32 Å². The highest BCUT2D eigenvalue weighted by molar-refractivity contribution is 5.21. The Morgan fingerprint density at radius 2 is 1.53 bits per heavy atom. The molecule has 2 aromatic rings. The van der Waals surface area contributed by atoms with Crippen LogP contribution in [0.2, 0.25) is 0 Å². The topological polar surface area (TPSA) is 12.0 Å². The van der Waals surface area contributed by atoms with Gasteiger partial charge >= 0.3 is 0 Å². The Morgan fingerprint density at radius 3 is 2.16 bits per heavy atom. The van der Waals surface area contributed by atoms with Gasteiger partial charge in [-0.2, -0.15) is 0 Å². The first-order valence-corrected chi connectivity index (χ1v) is 6.70. The zero-order chi connectivity index (χ0) is 13.7. The molecule has 0 fully saturated rings. The summed E-state index contributed by atoms with van der Waals surface area (Å²) in [4.78, 5) is 0. The predicted octanol–water partition coefficient (Wildman–Crippen LogP) is 4.28. The van der Waals surface area contributed by atoms with E-state index in [9.17, 15) is 4.39 Å². The number of halogens is 1. The summed E-state index contributed by atoms with van der Waals surface area (Å²) in [7, 11) is 0. The summed E-state index contributed by atoms with van der Waals surface area (Å²) >= 11 is 0. The molecule has 0 amide bonds. The molecule has 1 N–H and O–H groups in total. The van der Waals surface area contributed by atoms with Gasteiger partial charge in [0.1, 0.15) is 5.82 Å². The molecule has 0 heterocycles. The number of hydrogen-bond donors (Lipinski definition) is 1. The van der Waals surface area contributed by atoms with Gasteiger partial charge in [-0.15, -0.1) is 0 Å². The van der Waals surface area contributed by atoms with E-state index in [4.69, 9.17) is 0 Å². The maximum Gasteiger partial charge on any atom is 0.123 e. The van der Waals surface area contributed by atoms with Gasteiger partial charge in [0.05, 0.1) is 0 Å². The van der Waals surface area contributed by atoms with Crippen LogP contribution >= 0.6 is 0 Å². The van der Waals surface area contributed by atoms with Crippen LogP contribution in [0, 0.1) is 5.82 Å². The zero-order valence-electron chi connectivity index (χ0n) is 11.4. The van der Waals surface area contributed by atoms with Crippen molar-refractivity contribution >= 4 is 0 Å². The van der Waals surface area contributed by atoms with Crippen LogP contribution in [0.3, 0.4) is 0 Å². The van der Waals surface area contributed by atoms with E-state index < -0.39 is 0 Å². The molecule has 0 aliphatic carbocycles. The normalized spacial score (nSPS) is 14.1. The van der Waals surface area contributed by atoms with E-state index in [0.29, 0.717) is 5.92 Å². The predicted molar refractivity (Wildman–Crippen MR) is 77.7 cm³/mol. The molecule has 0 aromatic heterocycles. The molecule has 2 atom stereocenters. The highest BCUT2D eigenvalue weighted by atomic mass is 19.1. The molecule has 1 unspecified atom stereocenters. The maximum atomic E-state index is 12.9. The van der Waals surface area contributed by atoms with E-state index in [-0.39, 0.29) is 11.9 Å². The smallest absolute Gasteiger partial charge is 0.123 e. The van der Waals surface area contributed by atoms with Crippen molar-refractivity contribution in [2.75, 3.05) is 6.54 Å². The first-order valence-electron chi connectivity index (χ1n) is 6.70. The Kier molecular flexibility index (Phi) is 4.69. The van der Waals surface area contributed by atoms with Gasteiger partial charge in [-0.3, -0.25) is 0 Å². The molecule has 19 heavy (non-hydrogen) atoms. The second-order valence-corrected chi connectivity index (χ2v) is 4.99. The van der Waals surface area contributed by atoms with Gasteiger partial charge in [-0.1, -0.05) is 49.4 Å². The van der Waals surface area contributed by atoms with Crippen LogP contribution in [0.25, 0.3) is 0 Å². The summed E-state index contributed by atoms with van der Waals surface area (Å²) in [5.41, 5.74) is 2.45. The van der Waals surface area contributed by atoms with Crippen molar-refractivity contribution in [3.05, 3.63) is 71.5 Å². The lowest BCUT2D eigenvalue weighted by Gasteiger charge is -2.18. The molecule has 0 spiro atoms. The Hall–Kier alpha value is -1.67. The summed E-state index contributed by atoms with van der Waals surface area (Å²) in [6.45, 7) is 5.22. The monoisotopic (exact) mass is 257 g/mol. The van der Waals surface area contributed by atoms with E-state index in [1.807, 2.05) is 18.2 Å². The van der Waals surface area contributed by atoms with E-state index in [2.05, 4.69) is 43.4 Å². The number of benzene rings is 2. The molecule has 2 rings (SSSR count). The molecule has 100 valence electrons. The van der Waals surface area contributed by atoms with Crippen LogP contribution in [0.4, 0.5) is 4.39 Å². The first-order chi connectivity index (χ1) is 9.16. The van der Waals surface area contributed by atoms with E-state index in [1.165, 1.54) is 17.7 Å². The highest BCUT2D eigenvalue weighted by Gasteiger charge is 2.08. The summed E-state index contributed by atoms with van der Waals surface area (Å²) in [6, 6.07) is 17.4. The van der Waals surface area contributed by atoms with Gasteiger partial charge in [0.15, 0.2) is 0 Å². The zero-order valence-corrected chi connectivity index (χ0v) is 11.4. The van der Waals surface area contributed by atoms with Gasteiger partial charge in [0.25, 0.3) is 0 Å². The molecule has 2 aromatic carbocycles. The number of nitrogens with one attached hydrogen (secondary N) is 1. The third kappa shape index (κ3) is 3.90. The van der Waals surface area contributed by atoms with Crippen LogP contribution in [0.15, 0.2) is 54.6 Å². The lowest BCUT2D eigenvalue weighted by molar-refractivity contribution is 0.535. The van der Waals surface area contributed by atoms with Crippen molar-refractivity contribution < 1.29 is 4.39 Å². The molecule has 1 nitrogen and oxygen atoms in total. The van der Waals surface area contributed by atoms with E-state index in [0.717, 1.165) is 12.1 Å². The molecule has 0 saturated heterocycles. The highest BCUT2D eigenvalue weighted by Crippen LogP contribution is 2.17. The van der Waals surface area contributed by atoms with Gasteiger partial charge in [-0.25, -0.2) is 4.39 Å². The molecule has 2 heteroatoms. The van der Waals surface area contributed by atoms with Gasteiger partial charge in [0, 0.05) is 12.6 Å². The van der Waals surface area contributed by atoms with Gasteiger partial charge in [-0.05, 0) is 36.1 Å². The summed E-state index contributed by atoms with van der Waals surface area (Å²) < 4.78 is 12.9. The fraction of sp³-hybridized carbons (Fsp3) is 0.294. The van der Waals surface area contributed by atoms with Crippen molar-refractivity contribution in [2.45, 2.75) is 25.8 Å². The minimum atomic E-state index is -0.186. The standard InChI is InChI=1S/C17H20FN/c1-13(15-6-4-3-5-7-15)12-19-14(2)16-8-10-17(18)11-9-16/h3-11,13-14,19H,12H2,1-2H3/t13?,14-/m0/s1. The van der Waals surface area contributed by atoms with Crippen LogP contribution in [-0.4, -0.2) is 6.54 Å². The SMILES string of the molecule is CC(CN[C@@H](C)c1ccc(F)cc1)c1ccccc1. The average molecular weight is 257 g/mol. The van der Waals surface area contributed by atoms with Crippen molar-refractivity contribution in [1.82, 2.24) is 5.32 Å². The lowest BCUT2D eigenvalue weighted by Crippen LogP contribution is -2.23. The van der Waals surface area contributed by atoms with Gasteiger partial charge in [0.2, 0.25) is 0 Å². The molecule has 0 bridgehead atoms. The lowest BCUT2D eigenvalue weighted by atomic mass is 10.0. The third-order valence-electron chi connectivity index (χ3n) is 3.47.